The maximum Gasteiger partial charge on any atom is 0.0434 e. The number of rotatable bonds is 5. The summed E-state index contributed by atoms with van der Waals surface area (Å²) in [6.07, 6.45) is 6.09. The largest absolute Gasteiger partial charge is 0.302 e. The van der Waals surface area contributed by atoms with Gasteiger partial charge in [-0.15, -0.1) is 0 Å². The van der Waals surface area contributed by atoms with Gasteiger partial charge in [0.1, 0.15) is 0 Å². The fourth-order valence-corrected chi connectivity index (χ4v) is 3.57. The number of nitrogens with two attached hydrogens (primary N) is 1. The zero-order chi connectivity index (χ0) is 13.9. The van der Waals surface area contributed by atoms with Gasteiger partial charge in [-0.25, -0.2) is 0 Å². The lowest BCUT2D eigenvalue weighted by molar-refractivity contribution is 0.104. The van der Waals surface area contributed by atoms with Crippen LogP contribution in [0.5, 0.6) is 0 Å². The Morgan fingerprint density at radius 2 is 2.00 bits per heavy atom. The molecular weight excluding hydrogens is 234 g/mol. The molecule has 0 amide bonds. The lowest BCUT2D eigenvalue weighted by Gasteiger charge is -2.43. The molecule has 106 valence electrons. The third-order valence-corrected chi connectivity index (χ3v) is 4.73. The van der Waals surface area contributed by atoms with Gasteiger partial charge in [0.15, 0.2) is 0 Å². The molecule has 1 fully saturated rings. The number of benzene rings is 1. The molecular formula is C16H27N3. The van der Waals surface area contributed by atoms with Gasteiger partial charge in [-0.05, 0) is 45.8 Å². The highest BCUT2D eigenvalue weighted by Gasteiger charge is 2.42. The molecule has 1 saturated carbocycles. The molecule has 3 heteroatoms. The van der Waals surface area contributed by atoms with Gasteiger partial charge in [0, 0.05) is 11.6 Å². The number of hydrogen-bond donors (Lipinski definition) is 2. The summed E-state index contributed by atoms with van der Waals surface area (Å²) >= 11 is 0. The van der Waals surface area contributed by atoms with Gasteiger partial charge < -0.3 is 4.90 Å². The van der Waals surface area contributed by atoms with E-state index in [1.54, 1.807) is 0 Å². The van der Waals surface area contributed by atoms with Crippen LogP contribution in [0.1, 0.15) is 36.8 Å². The van der Waals surface area contributed by atoms with Crippen LogP contribution in [-0.4, -0.2) is 30.6 Å². The molecule has 19 heavy (non-hydrogen) atoms. The lowest BCUT2D eigenvalue weighted by Crippen LogP contribution is -2.60. The number of nitrogens with one attached hydrogen (secondary N) is 1. The van der Waals surface area contributed by atoms with Crippen LogP contribution in [-0.2, 0) is 6.42 Å². The number of likely N-dealkylation sites (N-methyl/N-ethyl adjacent to an activating group) is 1. The molecule has 1 unspecified atom stereocenters. The van der Waals surface area contributed by atoms with E-state index in [2.05, 4.69) is 55.6 Å². The quantitative estimate of drug-likeness (QED) is 0.631. The molecule has 0 spiro atoms. The number of hydrogen-bond acceptors (Lipinski definition) is 3. The Balaban J connectivity index is 2.19. The summed E-state index contributed by atoms with van der Waals surface area (Å²) < 4.78 is 0. The van der Waals surface area contributed by atoms with E-state index in [1.807, 2.05) is 0 Å². The summed E-state index contributed by atoms with van der Waals surface area (Å²) in [5.41, 5.74) is 5.99. The predicted octanol–water partition coefficient (Wildman–Crippen LogP) is 2.24. The van der Waals surface area contributed by atoms with Gasteiger partial charge in [-0.3, -0.25) is 11.3 Å². The first-order valence-corrected chi connectivity index (χ1v) is 7.27. The van der Waals surface area contributed by atoms with Gasteiger partial charge in [0.05, 0.1) is 0 Å². The van der Waals surface area contributed by atoms with Gasteiger partial charge in [0.25, 0.3) is 0 Å². The van der Waals surface area contributed by atoms with Crippen LogP contribution in [0, 0.1) is 6.92 Å². The van der Waals surface area contributed by atoms with Crippen molar-refractivity contribution in [1.29, 1.82) is 0 Å². The van der Waals surface area contributed by atoms with Crippen LogP contribution in [0.15, 0.2) is 24.3 Å². The second kappa shape index (κ2) is 6.04. The summed E-state index contributed by atoms with van der Waals surface area (Å²) in [7, 11) is 4.37. The summed E-state index contributed by atoms with van der Waals surface area (Å²) in [6.45, 7) is 2.14. The molecule has 3 nitrogen and oxygen atoms in total. The van der Waals surface area contributed by atoms with Crippen LogP contribution in [0.4, 0.5) is 0 Å². The molecule has 1 aromatic carbocycles. The third kappa shape index (κ3) is 2.99. The number of nitrogens with zero attached hydrogens (tertiary/aromatic N) is 1. The molecule has 1 atom stereocenters. The molecule has 1 aliphatic carbocycles. The molecule has 0 saturated heterocycles. The maximum absolute atomic E-state index is 5.88. The normalized spacial score (nSPS) is 19.8. The van der Waals surface area contributed by atoms with Crippen molar-refractivity contribution in [2.45, 2.75) is 50.6 Å². The zero-order valence-electron chi connectivity index (χ0n) is 12.4. The van der Waals surface area contributed by atoms with E-state index in [1.165, 1.54) is 36.8 Å². The first kappa shape index (κ1) is 14.5. The SMILES string of the molecule is Cc1cccc(CC(NN)C2(N(C)C)CCCC2)c1. The van der Waals surface area contributed by atoms with Crippen molar-refractivity contribution in [3.8, 4) is 0 Å². The second-order valence-corrected chi connectivity index (χ2v) is 6.12. The number of hydrazine groups is 1. The van der Waals surface area contributed by atoms with Crippen LogP contribution in [0.2, 0.25) is 0 Å². The van der Waals surface area contributed by atoms with Crippen molar-refractivity contribution in [3.63, 3.8) is 0 Å². The minimum atomic E-state index is 0.207. The third-order valence-electron chi connectivity index (χ3n) is 4.73. The van der Waals surface area contributed by atoms with E-state index in [9.17, 15) is 0 Å². The van der Waals surface area contributed by atoms with Crippen molar-refractivity contribution < 1.29 is 0 Å². The Morgan fingerprint density at radius 3 is 2.53 bits per heavy atom. The summed E-state index contributed by atoms with van der Waals surface area (Å²) in [5, 5.41) is 0. The first-order valence-electron chi connectivity index (χ1n) is 7.27. The molecule has 0 heterocycles. The highest BCUT2D eigenvalue weighted by molar-refractivity contribution is 5.24. The molecule has 0 radical (unpaired) electrons. The first-order chi connectivity index (χ1) is 9.08. The predicted molar refractivity (Wildman–Crippen MR) is 80.9 cm³/mol. The molecule has 0 bridgehead atoms. The van der Waals surface area contributed by atoms with Crippen LogP contribution >= 0.6 is 0 Å². The van der Waals surface area contributed by atoms with Crippen LogP contribution in [0.3, 0.4) is 0 Å². The van der Waals surface area contributed by atoms with E-state index in [-0.39, 0.29) is 5.54 Å². The fourth-order valence-electron chi connectivity index (χ4n) is 3.57. The Hall–Kier alpha value is -0.900. The van der Waals surface area contributed by atoms with E-state index in [4.69, 9.17) is 5.84 Å². The average Bonchev–Trinajstić information content (AvgIpc) is 2.86. The van der Waals surface area contributed by atoms with E-state index in [0.29, 0.717) is 6.04 Å². The Kier molecular flexibility index (Phi) is 4.61. The Morgan fingerprint density at radius 1 is 1.32 bits per heavy atom. The van der Waals surface area contributed by atoms with Crippen molar-refractivity contribution >= 4 is 0 Å². The van der Waals surface area contributed by atoms with E-state index >= 15 is 0 Å². The van der Waals surface area contributed by atoms with Crippen LogP contribution < -0.4 is 11.3 Å². The molecule has 1 aliphatic rings. The highest BCUT2D eigenvalue weighted by Crippen LogP contribution is 2.37. The lowest BCUT2D eigenvalue weighted by atomic mass is 9.83. The maximum atomic E-state index is 5.88. The van der Waals surface area contributed by atoms with Crippen molar-refractivity contribution in [2.75, 3.05) is 14.1 Å². The smallest absolute Gasteiger partial charge is 0.0434 e. The van der Waals surface area contributed by atoms with Crippen molar-refractivity contribution in [2.24, 2.45) is 5.84 Å². The van der Waals surface area contributed by atoms with Crippen molar-refractivity contribution in [1.82, 2.24) is 10.3 Å². The monoisotopic (exact) mass is 261 g/mol. The van der Waals surface area contributed by atoms with Gasteiger partial charge in [0.2, 0.25) is 0 Å². The summed E-state index contributed by atoms with van der Waals surface area (Å²) in [5.74, 6) is 5.88. The summed E-state index contributed by atoms with van der Waals surface area (Å²) in [4.78, 5) is 2.38. The summed E-state index contributed by atoms with van der Waals surface area (Å²) in [6, 6.07) is 9.06. The standard InChI is InChI=1S/C16H27N3/c1-13-7-6-8-14(11-13)12-15(18-17)16(19(2)3)9-4-5-10-16/h6-8,11,15,18H,4-5,9-10,12,17H2,1-3H3. The Labute approximate surface area is 117 Å². The second-order valence-electron chi connectivity index (χ2n) is 6.12. The number of aryl methyl sites for hydroxylation is 1. The van der Waals surface area contributed by atoms with Gasteiger partial charge in [-0.2, -0.15) is 0 Å². The van der Waals surface area contributed by atoms with E-state index in [0.717, 1.165) is 6.42 Å². The molecule has 1 aromatic rings. The fraction of sp³-hybridized carbons (Fsp3) is 0.625. The molecule has 0 aromatic heterocycles. The van der Waals surface area contributed by atoms with Crippen molar-refractivity contribution in [3.05, 3.63) is 35.4 Å². The topological polar surface area (TPSA) is 41.3 Å². The molecule has 2 rings (SSSR count). The average molecular weight is 261 g/mol. The van der Waals surface area contributed by atoms with Gasteiger partial charge in [-0.1, -0.05) is 42.7 Å². The van der Waals surface area contributed by atoms with Gasteiger partial charge >= 0.3 is 0 Å². The zero-order valence-corrected chi connectivity index (χ0v) is 12.4. The molecule has 3 N–H and O–H groups in total. The minimum Gasteiger partial charge on any atom is -0.302 e. The minimum absolute atomic E-state index is 0.207. The highest BCUT2D eigenvalue weighted by atomic mass is 15.3. The van der Waals surface area contributed by atoms with E-state index < -0.39 is 0 Å². The molecule has 0 aliphatic heterocycles. The Bertz CT molecular complexity index is 408. The van der Waals surface area contributed by atoms with Crippen LogP contribution in [0.25, 0.3) is 0 Å².